The van der Waals surface area contributed by atoms with Gasteiger partial charge in [-0.1, -0.05) is 7.43 Å². The quantitative estimate of drug-likeness (QED) is 0.143. The molecule has 0 spiro atoms. The molecule has 4 aromatic rings. The molecule has 0 atom stereocenters. The van der Waals surface area contributed by atoms with Gasteiger partial charge in [0.2, 0.25) is 0 Å². The fourth-order valence-electron chi connectivity index (χ4n) is 3.72. The van der Waals surface area contributed by atoms with E-state index < -0.39 is 54.6 Å². The lowest BCUT2D eigenvalue weighted by Crippen LogP contribution is -2.55. The molecule has 0 bridgehead atoms. The number of nitrogens with zero attached hydrogens (tertiary/aromatic N) is 3. The number of esters is 3. The maximum atomic E-state index is 13.1. The summed E-state index contributed by atoms with van der Waals surface area (Å²) >= 11 is 0. The molecule has 0 N–H and O–H groups in total. The highest BCUT2D eigenvalue weighted by Gasteiger charge is 2.19. The van der Waals surface area contributed by atoms with Crippen LogP contribution in [0.4, 0.5) is 0 Å². The predicted octanol–water partition coefficient (Wildman–Crippen LogP) is 1.99. The van der Waals surface area contributed by atoms with Crippen LogP contribution in [0.15, 0.2) is 82.8 Å². The van der Waals surface area contributed by atoms with Crippen molar-refractivity contribution in [2.24, 2.45) is 0 Å². The molecule has 0 amide bonds. The molecule has 0 radical (unpaired) electrons. The monoisotopic (exact) mass is 601 g/mol. The number of rotatable bonds is 15. The van der Waals surface area contributed by atoms with Crippen molar-refractivity contribution in [3.05, 3.63) is 104 Å². The van der Waals surface area contributed by atoms with Gasteiger partial charge < -0.3 is 27.5 Å². The summed E-state index contributed by atoms with van der Waals surface area (Å²) in [5.41, 5.74) is -3.13. The van der Waals surface area contributed by atoms with Crippen LogP contribution >= 0.6 is 0 Å². The van der Waals surface area contributed by atoms with E-state index in [1.54, 1.807) is 36.4 Å². The Morgan fingerprint density at radius 3 is 1.05 bits per heavy atom. The van der Waals surface area contributed by atoms with Crippen LogP contribution in [0.2, 0.25) is 0 Å². The minimum Gasteiger partial charge on any atom is -0.466 e. The van der Waals surface area contributed by atoms with Crippen molar-refractivity contribution >= 4 is 17.9 Å². The second-order valence-corrected chi connectivity index (χ2v) is 8.77. The predicted molar refractivity (Wildman–Crippen MR) is 145 cm³/mol. The van der Waals surface area contributed by atoms with Crippen LogP contribution in [0, 0.1) is 0 Å². The van der Waals surface area contributed by atoms with Gasteiger partial charge in [0.25, 0.3) is 0 Å². The summed E-state index contributed by atoms with van der Waals surface area (Å²) in [6.07, 6.45) is 3.08. The van der Waals surface area contributed by atoms with Gasteiger partial charge in [-0.25, -0.2) is 28.1 Å². The van der Waals surface area contributed by atoms with Crippen LogP contribution in [0.5, 0.6) is 0 Å². The summed E-state index contributed by atoms with van der Waals surface area (Å²) < 4.78 is 32.5. The molecular formula is C28H31N3O12. The third-order valence-electron chi connectivity index (χ3n) is 5.87. The van der Waals surface area contributed by atoms with Crippen molar-refractivity contribution in [3.8, 4) is 0 Å². The molecule has 4 heterocycles. The molecule has 0 saturated heterocycles. The molecule has 15 heteroatoms. The van der Waals surface area contributed by atoms with E-state index in [-0.39, 0.29) is 46.5 Å². The Labute approximate surface area is 243 Å². The smallest absolute Gasteiger partial charge is 0.336 e. The zero-order valence-corrected chi connectivity index (χ0v) is 22.3. The summed E-state index contributed by atoms with van der Waals surface area (Å²) in [6.45, 7) is -1.73. The highest BCUT2D eigenvalue weighted by molar-refractivity contribution is 5.70. The maximum Gasteiger partial charge on any atom is 0.336 e. The molecule has 0 aliphatic carbocycles. The Morgan fingerprint density at radius 1 is 0.535 bits per heavy atom. The fraction of sp³-hybridized carbons (Fsp3) is 0.357. The molecule has 15 nitrogen and oxygen atoms in total. The lowest BCUT2D eigenvalue weighted by atomic mass is 10.4. The number of furan rings is 3. The largest absolute Gasteiger partial charge is 0.466 e. The molecule has 0 aliphatic heterocycles. The standard InChI is InChI=1S/C27H27N3O12.CH4/c31-22(40-16-19-4-1-13-37-19)7-10-28-25(34)29(11-8-23(32)41-17-20-5-2-14-38-20)27(36)30(26(28)35)12-9-24(33)42-18-21-6-3-15-39-21;/h1-6,13-15H,7-12,16-18H2;1H4. The second-order valence-electron chi connectivity index (χ2n) is 8.77. The number of carbonyl (C=O) groups excluding carboxylic acids is 3. The normalized spacial score (nSPS) is 10.6. The first kappa shape index (κ1) is 32.2. The molecule has 0 saturated carbocycles. The van der Waals surface area contributed by atoms with Crippen molar-refractivity contribution < 1.29 is 41.8 Å². The zero-order valence-electron chi connectivity index (χ0n) is 22.3. The highest BCUT2D eigenvalue weighted by atomic mass is 16.5. The Balaban J connectivity index is 0.00000506. The third-order valence-corrected chi connectivity index (χ3v) is 5.87. The lowest BCUT2D eigenvalue weighted by molar-refractivity contribution is -0.146. The molecule has 4 aromatic heterocycles. The number of hydrogen-bond donors (Lipinski definition) is 0. The van der Waals surface area contributed by atoms with Gasteiger partial charge in [-0.3, -0.25) is 14.4 Å². The molecule has 0 aromatic carbocycles. The topological polar surface area (TPSA) is 184 Å². The van der Waals surface area contributed by atoms with Crippen LogP contribution in [0.3, 0.4) is 0 Å². The Bertz CT molecular complexity index is 1420. The number of ether oxygens (including phenoxy) is 3. The van der Waals surface area contributed by atoms with Crippen molar-refractivity contribution in [2.75, 3.05) is 0 Å². The van der Waals surface area contributed by atoms with Crippen LogP contribution in [0.25, 0.3) is 0 Å². The van der Waals surface area contributed by atoms with Crippen LogP contribution in [-0.2, 0) is 68.0 Å². The first-order valence-corrected chi connectivity index (χ1v) is 12.8. The van der Waals surface area contributed by atoms with E-state index in [0.717, 1.165) is 0 Å². The van der Waals surface area contributed by atoms with E-state index in [2.05, 4.69) is 0 Å². The Hall–Kier alpha value is -5.34. The third kappa shape index (κ3) is 9.08. The summed E-state index contributed by atoms with van der Waals surface area (Å²) in [4.78, 5) is 76.1. The molecule has 0 aliphatic rings. The van der Waals surface area contributed by atoms with Crippen LogP contribution in [0.1, 0.15) is 44.0 Å². The van der Waals surface area contributed by atoms with E-state index in [0.29, 0.717) is 31.0 Å². The van der Waals surface area contributed by atoms with E-state index in [4.69, 9.17) is 27.5 Å². The molecule has 4 rings (SSSR count). The minimum atomic E-state index is -1.04. The van der Waals surface area contributed by atoms with Gasteiger partial charge in [0, 0.05) is 19.6 Å². The molecule has 230 valence electrons. The fourth-order valence-corrected chi connectivity index (χ4v) is 3.72. The average Bonchev–Trinajstić information content (AvgIpc) is 3.78. The first-order valence-electron chi connectivity index (χ1n) is 12.8. The lowest BCUT2D eigenvalue weighted by Gasteiger charge is -2.14. The van der Waals surface area contributed by atoms with Gasteiger partial charge in [0.05, 0.1) is 38.1 Å². The number of carbonyl (C=O) groups is 3. The van der Waals surface area contributed by atoms with Gasteiger partial charge in [0.15, 0.2) is 0 Å². The summed E-state index contributed by atoms with van der Waals surface area (Å²) in [5.74, 6) is -1.00. The van der Waals surface area contributed by atoms with Gasteiger partial charge >= 0.3 is 35.0 Å². The van der Waals surface area contributed by atoms with Crippen LogP contribution in [-0.4, -0.2) is 31.6 Å². The molecule has 0 unspecified atom stereocenters. The van der Waals surface area contributed by atoms with Crippen molar-refractivity contribution in [1.29, 1.82) is 0 Å². The van der Waals surface area contributed by atoms with Gasteiger partial charge in [-0.05, 0) is 36.4 Å². The molecule has 43 heavy (non-hydrogen) atoms. The summed E-state index contributed by atoms with van der Waals surface area (Å²) in [5, 5.41) is 0. The average molecular weight is 602 g/mol. The summed E-state index contributed by atoms with van der Waals surface area (Å²) in [6, 6.07) is 9.67. The SMILES string of the molecule is C.O=C(CCn1c(=O)n(CCC(=O)OCc2ccco2)c(=O)n(CCC(=O)OCc2ccco2)c1=O)OCc1ccco1. The maximum absolute atomic E-state index is 13.1. The van der Waals surface area contributed by atoms with Crippen molar-refractivity contribution in [3.63, 3.8) is 0 Å². The molecule has 0 fully saturated rings. The number of hydrogen-bond acceptors (Lipinski definition) is 12. The van der Waals surface area contributed by atoms with E-state index >= 15 is 0 Å². The first-order chi connectivity index (χ1) is 20.3. The van der Waals surface area contributed by atoms with Gasteiger partial charge in [-0.15, -0.1) is 0 Å². The van der Waals surface area contributed by atoms with Crippen molar-refractivity contribution in [2.45, 2.75) is 66.1 Å². The van der Waals surface area contributed by atoms with Gasteiger partial charge in [-0.2, -0.15) is 0 Å². The van der Waals surface area contributed by atoms with E-state index in [9.17, 15) is 28.8 Å². The van der Waals surface area contributed by atoms with E-state index in [1.807, 2.05) is 0 Å². The second kappa shape index (κ2) is 15.6. The summed E-state index contributed by atoms with van der Waals surface area (Å²) in [7, 11) is 0. The molecular weight excluding hydrogens is 570 g/mol. The highest BCUT2D eigenvalue weighted by Crippen LogP contribution is 2.05. The van der Waals surface area contributed by atoms with Crippen LogP contribution < -0.4 is 17.1 Å². The Morgan fingerprint density at radius 2 is 0.814 bits per heavy atom. The number of aromatic nitrogens is 3. The van der Waals surface area contributed by atoms with E-state index in [1.165, 1.54) is 18.8 Å². The van der Waals surface area contributed by atoms with Crippen molar-refractivity contribution in [1.82, 2.24) is 13.7 Å². The van der Waals surface area contributed by atoms with Gasteiger partial charge in [0.1, 0.15) is 37.1 Å². The Kier molecular flexibility index (Phi) is 11.7. The minimum absolute atomic E-state index is 0. The zero-order chi connectivity index (χ0) is 29.9.